The summed E-state index contributed by atoms with van der Waals surface area (Å²) >= 11 is 0. The topological polar surface area (TPSA) is 126 Å². The Labute approximate surface area is 242 Å². The summed E-state index contributed by atoms with van der Waals surface area (Å²) in [6.45, 7) is 0.314. The van der Waals surface area contributed by atoms with Crippen molar-refractivity contribution in [3.05, 3.63) is 89.0 Å². The van der Waals surface area contributed by atoms with Gasteiger partial charge in [-0.3, -0.25) is 9.52 Å². The molecule has 3 aromatic carbocycles. The second-order valence-electron chi connectivity index (χ2n) is 10.3. The van der Waals surface area contributed by atoms with Gasteiger partial charge in [0.1, 0.15) is 23.0 Å². The van der Waals surface area contributed by atoms with Crippen LogP contribution in [0.2, 0.25) is 0 Å². The molecule has 1 saturated heterocycles. The fourth-order valence-electron chi connectivity index (χ4n) is 5.32. The van der Waals surface area contributed by atoms with E-state index in [9.17, 15) is 30.4 Å². The van der Waals surface area contributed by atoms with E-state index in [4.69, 9.17) is 4.42 Å². The maximum Gasteiger partial charge on any atom is 0.255 e. The fourth-order valence-corrected chi connectivity index (χ4v) is 7.49. The lowest BCUT2D eigenvalue weighted by Crippen LogP contribution is -2.39. The molecule has 0 radical (unpaired) electrons. The van der Waals surface area contributed by atoms with E-state index in [0.717, 1.165) is 6.26 Å². The van der Waals surface area contributed by atoms with Gasteiger partial charge in [-0.2, -0.15) is 0 Å². The monoisotopic (exact) mass is 617 g/mol. The lowest BCUT2D eigenvalue weighted by Gasteiger charge is -2.33. The van der Waals surface area contributed by atoms with Crippen LogP contribution in [0.15, 0.2) is 65.1 Å². The summed E-state index contributed by atoms with van der Waals surface area (Å²) in [6, 6.07) is 14.0. The van der Waals surface area contributed by atoms with Crippen LogP contribution in [0.4, 0.5) is 14.5 Å². The Hall–Kier alpha value is -3.81. The molecule has 0 saturated carbocycles. The number of piperidine rings is 1. The van der Waals surface area contributed by atoms with Gasteiger partial charge < -0.3 is 9.73 Å². The molecule has 1 aromatic heterocycles. The van der Waals surface area contributed by atoms with Crippen molar-refractivity contribution >= 4 is 42.6 Å². The number of carbonyl (C=O) groups excluding carboxylic acids is 1. The van der Waals surface area contributed by atoms with Crippen molar-refractivity contribution < 1.29 is 34.8 Å². The molecule has 222 valence electrons. The van der Waals surface area contributed by atoms with Gasteiger partial charge in [0.15, 0.2) is 0 Å². The van der Waals surface area contributed by atoms with Gasteiger partial charge in [-0.05, 0) is 72.4 Å². The summed E-state index contributed by atoms with van der Waals surface area (Å²) in [5.74, 6) is -2.10. The number of sulfonamides is 2. The average Bonchev–Trinajstić information content (AvgIpc) is 3.30. The van der Waals surface area contributed by atoms with Crippen molar-refractivity contribution in [1.82, 2.24) is 9.62 Å². The third-order valence-electron chi connectivity index (χ3n) is 7.17. The quantitative estimate of drug-likeness (QED) is 0.292. The van der Waals surface area contributed by atoms with Crippen molar-refractivity contribution in [3.8, 4) is 11.3 Å². The van der Waals surface area contributed by atoms with Gasteiger partial charge in [0.05, 0.1) is 23.3 Å². The minimum atomic E-state index is -3.83. The highest BCUT2D eigenvalue weighted by Crippen LogP contribution is 2.41. The normalized spacial score (nSPS) is 16.4. The van der Waals surface area contributed by atoms with E-state index in [1.807, 2.05) is 0 Å². The summed E-state index contributed by atoms with van der Waals surface area (Å²) in [5, 5.41) is 2.98. The number of anilines is 1. The van der Waals surface area contributed by atoms with Gasteiger partial charge in [0.25, 0.3) is 5.91 Å². The molecule has 4 aromatic rings. The van der Waals surface area contributed by atoms with Crippen LogP contribution in [-0.2, 0) is 25.8 Å². The molecule has 9 nitrogen and oxygen atoms in total. The lowest BCUT2D eigenvalue weighted by atomic mass is 9.89. The Balaban J connectivity index is 1.60. The summed E-state index contributed by atoms with van der Waals surface area (Å²) in [7, 11) is -6.13. The number of amides is 1. The predicted molar refractivity (Wildman–Crippen MR) is 156 cm³/mol. The van der Waals surface area contributed by atoms with Gasteiger partial charge in [-0.15, -0.1) is 0 Å². The largest absolute Gasteiger partial charge is 0.455 e. The number of hydrogen-bond donors (Lipinski definition) is 2. The molecular formula is C29H29F2N3O6S2. The summed E-state index contributed by atoms with van der Waals surface area (Å²) in [4.78, 5) is 13.1. The Morgan fingerprint density at radius 2 is 1.76 bits per heavy atom. The van der Waals surface area contributed by atoms with Crippen molar-refractivity contribution in [1.29, 1.82) is 0 Å². The molecule has 0 unspecified atom stereocenters. The Morgan fingerprint density at radius 3 is 2.43 bits per heavy atom. The van der Waals surface area contributed by atoms with Crippen LogP contribution in [0, 0.1) is 11.6 Å². The standard InChI is InChI=1S/C29H29F2N3O6S2/c1-32-29(35)27-24-14-23(20-6-4-12-34(16-20)42(38,39)17-18-5-3-7-22(31)13-18)25(33-41(2,36)37)15-26(24)40-28(27)19-8-10-21(30)11-9-19/h3,5,7-11,13-15,20,33H,4,6,12,16-17H2,1-2H3,(H,32,35)/t20-/m0/s1. The predicted octanol–water partition coefficient (Wildman–Crippen LogP) is 4.82. The molecule has 13 heteroatoms. The van der Waals surface area contributed by atoms with Gasteiger partial charge in [0.2, 0.25) is 20.0 Å². The molecule has 1 atom stereocenters. The second kappa shape index (κ2) is 11.5. The molecule has 1 fully saturated rings. The first-order valence-electron chi connectivity index (χ1n) is 13.1. The van der Waals surface area contributed by atoms with E-state index < -0.39 is 43.5 Å². The van der Waals surface area contributed by atoms with Gasteiger partial charge in [-0.25, -0.2) is 29.9 Å². The van der Waals surface area contributed by atoms with Crippen molar-refractivity contribution in [3.63, 3.8) is 0 Å². The molecule has 1 aliphatic rings. The summed E-state index contributed by atoms with van der Waals surface area (Å²) in [6.07, 6.45) is 2.05. The van der Waals surface area contributed by atoms with E-state index in [1.165, 1.54) is 59.9 Å². The van der Waals surface area contributed by atoms with Crippen LogP contribution in [0.5, 0.6) is 0 Å². The maximum atomic E-state index is 13.7. The molecule has 0 aliphatic carbocycles. The molecular weight excluding hydrogens is 588 g/mol. The van der Waals surface area contributed by atoms with Gasteiger partial charge in [-0.1, -0.05) is 12.1 Å². The van der Waals surface area contributed by atoms with E-state index in [-0.39, 0.29) is 41.4 Å². The molecule has 2 N–H and O–H groups in total. The SMILES string of the molecule is CNC(=O)c1c(-c2ccc(F)cc2)oc2cc(NS(C)(=O)=O)c([C@H]3CCCN(S(=O)(=O)Cc4cccc(F)c4)C3)cc12. The Kier molecular flexibility index (Phi) is 8.10. The highest BCUT2D eigenvalue weighted by molar-refractivity contribution is 7.92. The van der Waals surface area contributed by atoms with Crippen LogP contribution in [-0.4, -0.2) is 53.4 Å². The Morgan fingerprint density at radius 1 is 1.02 bits per heavy atom. The highest BCUT2D eigenvalue weighted by Gasteiger charge is 2.33. The van der Waals surface area contributed by atoms with E-state index in [1.54, 1.807) is 12.1 Å². The first kappa shape index (κ1) is 29.7. The van der Waals surface area contributed by atoms with Crippen LogP contribution >= 0.6 is 0 Å². The van der Waals surface area contributed by atoms with Crippen molar-refractivity contribution in [2.45, 2.75) is 24.5 Å². The summed E-state index contributed by atoms with van der Waals surface area (Å²) in [5.41, 5.74) is 1.85. The number of benzene rings is 3. The number of rotatable bonds is 8. The number of nitrogens with one attached hydrogen (secondary N) is 2. The van der Waals surface area contributed by atoms with Crippen LogP contribution in [0.3, 0.4) is 0 Å². The first-order valence-corrected chi connectivity index (χ1v) is 16.6. The fraction of sp³-hybridized carbons (Fsp3) is 0.276. The second-order valence-corrected chi connectivity index (χ2v) is 14.0. The number of halogens is 2. The molecule has 1 amide bonds. The maximum absolute atomic E-state index is 13.7. The zero-order valence-corrected chi connectivity index (χ0v) is 24.5. The molecule has 0 spiro atoms. The molecule has 1 aliphatic heterocycles. The van der Waals surface area contributed by atoms with E-state index in [2.05, 4.69) is 10.0 Å². The van der Waals surface area contributed by atoms with Crippen LogP contribution in [0.1, 0.15) is 40.2 Å². The Bertz CT molecular complexity index is 1870. The molecule has 0 bridgehead atoms. The van der Waals surface area contributed by atoms with Crippen LogP contribution in [0.25, 0.3) is 22.3 Å². The van der Waals surface area contributed by atoms with Crippen LogP contribution < -0.4 is 10.0 Å². The zero-order chi connectivity index (χ0) is 30.2. The molecule has 5 rings (SSSR count). The van der Waals surface area contributed by atoms with Crippen molar-refractivity contribution in [2.75, 3.05) is 31.1 Å². The lowest BCUT2D eigenvalue weighted by molar-refractivity contribution is 0.0964. The number of hydrogen-bond acceptors (Lipinski definition) is 6. The highest BCUT2D eigenvalue weighted by atomic mass is 32.2. The number of nitrogens with zero attached hydrogens (tertiary/aromatic N) is 1. The third kappa shape index (κ3) is 6.32. The summed E-state index contributed by atoms with van der Waals surface area (Å²) < 4.78 is 88.5. The number of carbonyl (C=O) groups is 1. The molecule has 2 heterocycles. The average molecular weight is 618 g/mol. The zero-order valence-electron chi connectivity index (χ0n) is 22.9. The minimum absolute atomic E-state index is 0.0551. The van der Waals surface area contributed by atoms with Gasteiger partial charge in [0, 0.05) is 37.2 Å². The molecule has 42 heavy (non-hydrogen) atoms. The van der Waals surface area contributed by atoms with Gasteiger partial charge >= 0.3 is 0 Å². The minimum Gasteiger partial charge on any atom is -0.455 e. The van der Waals surface area contributed by atoms with Crippen molar-refractivity contribution in [2.24, 2.45) is 0 Å². The first-order chi connectivity index (χ1) is 19.8. The van der Waals surface area contributed by atoms with E-state index in [0.29, 0.717) is 34.9 Å². The number of furan rings is 1. The van der Waals surface area contributed by atoms with E-state index >= 15 is 0 Å². The smallest absolute Gasteiger partial charge is 0.255 e. The number of fused-ring (bicyclic) bond motifs is 1. The third-order valence-corrected chi connectivity index (χ3v) is 9.58.